The number of nitrogens with zero attached hydrogens (tertiary/aromatic N) is 1. The van der Waals surface area contributed by atoms with Crippen molar-refractivity contribution in [3.63, 3.8) is 0 Å². The van der Waals surface area contributed by atoms with E-state index < -0.39 is 0 Å². The Bertz CT molecular complexity index is 534. The molecule has 0 spiro atoms. The van der Waals surface area contributed by atoms with Crippen molar-refractivity contribution in [3.8, 4) is 0 Å². The predicted octanol–water partition coefficient (Wildman–Crippen LogP) is 3.64. The van der Waals surface area contributed by atoms with E-state index in [1.165, 1.54) is 16.7 Å². The van der Waals surface area contributed by atoms with Crippen LogP contribution in [0, 0.1) is 0 Å². The van der Waals surface area contributed by atoms with Gasteiger partial charge < -0.3 is 10.2 Å². The molecule has 0 saturated heterocycles. The van der Waals surface area contributed by atoms with Crippen LogP contribution in [-0.2, 0) is 13.0 Å². The zero-order chi connectivity index (χ0) is 15.1. The van der Waals surface area contributed by atoms with Gasteiger partial charge in [0.1, 0.15) is 0 Å². The van der Waals surface area contributed by atoms with Crippen LogP contribution in [0.3, 0.4) is 0 Å². The third-order valence-electron chi connectivity index (χ3n) is 3.96. The molecule has 2 nitrogen and oxygen atoms in total. The maximum atomic E-state index is 3.61. The Kier molecular flexibility index (Phi) is 5.97. The molecule has 2 aromatic rings. The molecule has 0 aromatic heterocycles. The topological polar surface area (TPSA) is 15.3 Å². The number of aryl methyl sites for hydroxylation is 1. The first-order valence-electron chi connectivity index (χ1n) is 7.71. The molecule has 0 aliphatic heterocycles. The van der Waals surface area contributed by atoms with Gasteiger partial charge in [-0.05, 0) is 37.2 Å². The van der Waals surface area contributed by atoms with Crippen LogP contribution in [0.5, 0.6) is 0 Å². The van der Waals surface area contributed by atoms with Gasteiger partial charge in [0.25, 0.3) is 0 Å². The first kappa shape index (κ1) is 15.7. The average Bonchev–Trinajstić information content (AvgIpc) is 2.52. The maximum absolute atomic E-state index is 3.61. The van der Waals surface area contributed by atoms with Crippen molar-refractivity contribution in [1.29, 1.82) is 0 Å². The SMILES string of the molecule is CCc1ccccc1CNCC(c1ccccc1)N(C)C. The number of hydrogen-bond donors (Lipinski definition) is 1. The van der Waals surface area contributed by atoms with Crippen LogP contribution in [0.2, 0.25) is 0 Å². The molecule has 2 rings (SSSR count). The first-order valence-corrected chi connectivity index (χ1v) is 7.71. The highest BCUT2D eigenvalue weighted by molar-refractivity contribution is 5.27. The summed E-state index contributed by atoms with van der Waals surface area (Å²) in [4.78, 5) is 2.27. The Hall–Kier alpha value is -1.64. The van der Waals surface area contributed by atoms with E-state index in [0.29, 0.717) is 6.04 Å². The summed E-state index contributed by atoms with van der Waals surface area (Å²) >= 11 is 0. The van der Waals surface area contributed by atoms with E-state index in [4.69, 9.17) is 0 Å². The Labute approximate surface area is 128 Å². The van der Waals surface area contributed by atoms with Gasteiger partial charge in [0, 0.05) is 19.1 Å². The van der Waals surface area contributed by atoms with Gasteiger partial charge in [-0.1, -0.05) is 61.5 Å². The molecule has 2 aromatic carbocycles. The summed E-state index contributed by atoms with van der Waals surface area (Å²) in [5, 5.41) is 3.61. The number of nitrogens with one attached hydrogen (secondary N) is 1. The second-order valence-electron chi connectivity index (χ2n) is 5.64. The van der Waals surface area contributed by atoms with Crippen LogP contribution >= 0.6 is 0 Å². The average molecular weight is 282 g/mol. The maximum Gasteiger partial charge on any atom is 0.0466 e. The standard InChI is InChI=1S/C19H26N2/c1-4-16-10-8-9-13-18(16)14-20-15-19(21(2)3)17-11-6-5-7-12-17/h5-13,19-20H,4,14-15H2,1-3H3. The number of rotatable bonds is 7. The third kappa shape index (κ3) is 4.42. The van der Waals surface area contributed by atoms with Crippen LogP contribution in [0.4, 0.5) is 0 Å². The number of hydrogen-bond acceptors (Lipinski definition) is 2. The van der Waals surface area contributed by atoms with Crippen LogP contribution in [-0.4, -0.2) is 25.5 Å². The van der Waals surface area contributed by atoms with Gasteiger partial charge in [-0.2, -0.15) is 0 Å². The van der Waals surface area contributed by atoms with Crippen molar-refractivity contribution in [1.82, 2.24) is 10.2 Å². The van der Waals surface area contributed by atoms with E-state index in [-0.39, 0.29) is 0 Å². The fourth-order valence-corrected chi connectivity index (χ4v) is 2.69. The second kappa shape index (κ2) is 7.96. The van der Waals surface area contributed by atoms with E-state index in [1.54, 1.807) is 0 Å². The third-order valence-corrected chi connectivity index (χ3v) is 3.96. The van der Waals surface area contributed by atoms with Crippen molar-refractivity contribution in [2.75, 3.05) is 20.6 Å². The molecular weight excluding hydrogens is 256 g/mol. The van der Waals surface area contributed by atoms with Gasteiger partial charge in [-0.3, -0.25) is 0 Å². The summed E-state index contributed by atoms with van der Waals surface area (Å²) in [7, 11) is 4.28. The van der Waals surface area contributed by atoms with E-state index in [1.807, 2.05) is 0 Å². The van der Waals surface area contributed by atoms with Gasteiger partial charge in [0.15, 0.2) is 0 Å². The highest BCUT2D eigenvalue weighted by Gasteiger charge is 2.13. The minimum atomic E-state index is 0.403. The van der Waals surface area contributed by atoms with Crippen LogP contribution in [0.1, 0.15) is 29.7 Å². The van der Waals surface area contributed by atoms with E-state index >= 15 is 0 Å². The summed E-state index contributed by atoms with van der Waals surface area (Å²) < 4.78 is 0. The first-order chi connectivity index (χ1) is 10.2. The van der Waals surface area contributed by atoms with E-state index in [2.05, 4.69) is 85.8 Å². The van der Waals surface area contributed by atoms with Crippen LogP contribution in [0.25, 0.3) is 0 Å². The molecule has 0 fully saturated rings. The Morgan fingerprint density at radius 1 is 0.905 bits per heavy atom. The summed E-state index contributed by atoms with van der Waals surface area (Å²) in [5.41, 5.74) is 4.20. The smallest absolute Gasteiger partial charge is 0.0466 e. The molecule has 1 atom stereocenters. The second-order valence-corrected chi connectivity index (χ2v) is 5.64. The van der Waals surface area contributed by atoms with Crippen LogP contribution < -0.4 is 5.32 Å². The molecule has 0 radical (unpaired) electrons. The molecule has 0 aliphatic rings. The molecule has 0 amide bonds. The van der Waals surface area contributed by atoms with Crippen molar-refractivity contribution >= 4 is 0 Å². The van der Waals surface area contributed by atoms with Gasteiger partial charge >= 0.3 is 0 Å². The summed E-state index contributed by atoms with van der Waals surface area (Å²) in [6.45, 7) is 4.10. The molecule has 1 unspecified atom stereocenters. The van der Waals surface area contributed by atoms with Gasteiger partial charge in [0.2, 0.25) is 0 Å². The molecule has 0 heterocycles. The largest absolute Gasteiger partial charge is 0.311 e. The molecule has 1 N–H and O–H groups in total. The normalized spacial score (nSPS) is 12.6. The van der Waals surface area contributed by atoms with Gasteiger partial charge in [-0.25, -0.2) is 0 Å². The minimum Gasteiger partial charge on any atom is -0.311 e. The van der Waals surface area contributed by atoms with Crippen molar-refractivity contribution < 1.29 is 0 Å². The van der Waals surface area contributed by atoms with Gasteiger partial charge in [0.05, 0.1) is 0 Å². The minimum absolute atomic E-state index is 0.403. The fraction of sp³-hybridized carbons (Fsp3) is 0.368. The summed E-state index contributed by atoms with van der Waals surface area (Å²) in [6, 6.07) is 19.8. The quantitative estimate of drug-likeness (QED) is 0.834. The van der Waals surface area contributed by atoms with Crippen molar-refractivity contribution in [2.45, 2.75) is 25.9 Å². The lowest BCUT2D eigenvalue weighted by Crippen LogP contribution is -2.31. The van der Waals surface area contributed by atoms with E-state index in [9.17, 15) is 0 Å². The molecule has 2 heteroatoms. The Morgan fingerprint density at radius 2 is 1.52 bits per heavy atom. The molecular formula is C19H26N2. The molecule has 0 saturated carbocycles. The number of likely N-dealkylation sites (N-methyl/N-ethyl adjacent to an activating group) is 1. The van der Waals surface area contributed by atoms with Crippen molar-refractivity contribution in [3.05, 3.63) is 71.3 Å². The lowest BCUT2D eigenvalue weighted by molar-refractivity contribution is 0.288. The van der Waals surface area contributed by atoms with E-state index in [0.717, 1.165) is 19.5 Å². The Morgan fingerprint density at radius 3 is 2.14 bits per heavy atom. The molecule has 21 heavy (non-hydrogen) atoms. The predicted molar refractivity (Wildman–Crippen MR) is 90.4 cm³/mol. The highest BCUT2D eigenvalue weighted by Crippen LogP contribution is 2.17. The molecule has 0 aliphatic carbocycles. The summed E-state index contributed by atoms with van der Waals surface area (Å²) in [5.74, 6) is 0. The number of benzene rings is 2. The Balaban J connectivity index is 1.97. The molecule has 112 valence electrons. The molecule has 0 bridgehead atoms. The zero-order valence-electron chi connectivity index (χ0n) is 13.3. The lowest BCUT2D eigenvalue weighted by atomic mass is 10.0. The highest BCUT2D eigenvalue weighted by atomic mass is 15.1. The summed E-state index contributed by atoms with van der Waals surface area (Å²) in [6.07, 6.45) is 1.09. The zero-order valence-corrected chi connectivity index (χ0v) is 13.3. The monoisotopic (exact) mass is 282 g/mol. The lowest BCUT2D eigenvalue weighted by Gasteiger charge is -2.25. The fourth-order valence-electron chi connectivity index (χ4n) is 2.69. The van der Waals surface area contributed by atoms with Crippen molar-refractivity contribution in [2.24, 2.45) is 0 Å². The van der Waals surface area contributed by atoms with Crippen LogP contribution in [0.15, 0.2) is 54.6 Å². The van der Waals surface area contributed by atoms with Gasteiger partial charge in [-0.15, -0.1) is 0 Å².